The van der Waals surface area contributed by atoms with Gasteiger partial charge in [0.05, 0.1) is 0 Å². The summed E-state index contributed by atoms with van der Waals surface area (Å²) in [6.45, 7) is 5.13. The van der Waals surface area contributed by atoms with E-state index in [4.69, 9.17) is 0 Å². The number of imidazole rings is 1. The highest BCUT2D eigenvalue weighted by atomic mass is 15.3. The van der Waals surface area contributed by atoms with Gasteiger partial charge in [-0.1, -0.05) is 0 Å². The third-order valence-corrected chi connectivity index (χ3v) is 5.07. The molecule has 4 rings (SSSR count). The molecule has 2 aromatic heterocycles. The van der Waals surface area contributed by atoms with E-state index in [0.29, 0.717) is 5.92 Å². The maximum absolute atomic E-state index is 4.68. The molecule has 0 amide bonds. The Balaban J connectivity index is 1.53. The van der Waals surface area contributed by atoms with Gasteiger partial charge in [0.1, 0.15) is 11.6 Å². The quantitative estimate of drug-likeness (QED) is 0.915. The third kappa shape index (κ3) is 3.23. The number of piperidine rings is 1. The first kappa shape index (κ1) is 15.4. The number of aryl methyl sites for hydroxylation is 1. The van der Waals surface area contributed by atoms with Crippen LogP contribution >= 0.6 is 0 Å². The van der Waals surface area contributed by atoms with Crippen LogP contribution in [0.4, 0.5) is 11.8 Å². The maximum atomic E-state index is 4.68. The topological polar surface area (TPSA) is 58.9 Å². The second kappa shape index (κ2) is 6.42. The van der Waals surface area contributed by atoms with Gasteiger partial charge in [-0.3, -0.25) is 0 Å². The van der Waals surface area contributed by atoms with E-state index in [1.165, 1.54) is 25.1 Å². The van der Waals surface area contributed by atoms with E-state index >= 15 is 0 Å². The van der Waals surface area contributed by atoms with Gasteiger partial charge in [-0.2, -0.15) is 4.98 Å². The van der Waals surface area contributed by atoms with Gasteiger partial charge >= 0.3 is 0 Å². The summed E-state index contributed by atoms with van der Waals surface area (Å²) >= 11 is 0. The van der Waals surface area contributed by atoms with Crippen LogP contribution < -0.4 is 10.2 Å². The lowest BCUT2D eigenvalue weighted by Crippen LogP contribution is -2.36. The summed E-state index contributed by atoms with van der Waals surface area (Å²) in [4.78, 5) is 16.3. The summed E-state index contributed by atoms with van der Waals surface area (Å²) in [7, 11) is 1.90. The average Bonchev–Trinajstić information content (AvgIpc) is 3.29. The fourth-order valence-electron chi connectivity index (χ4n) is 3.61. The van der Waals surface area contributed by atoms with Gasteiger partial charge in [-0.15, -0.1) is 0 Å². The highest BCUT2D eigenvalue weighted by Crippen LogP contribution is 2.33. The molecule has 1 saturated carbocycles. The predicted molar refractivity (Wildman–Crippen MR) is 95.5 cm³/mol. The van der Waals surface area contributed by atoms with E-state index < -0.39 is 0 Å². The molecule has 1 saturated heterocycles. The van der Waals surface area contributed by atoms with Crippen molar-refractivity contribution in [2.24, 2.45) is 5.92 Å². The molecule has 0 spiro atoms. The molecule has 6 nitrogen and oxygen atoms in total. The van der Waals surface area contributed by atoms with E-state index in [1.807, 2.05) is 26.2 Å². The number of hydrogen-bond acceptors (Lipinski definition) is 5. The molecule has 0 radical (unpaired) electrons. The van der Waals surface area contributed by atoms with E-state index in [-0.39, 0.29) is 0 Å². The second-order valence-corrected chi connectivity index (χ2v) is 7.11. The number of rotatable bonds is 5. The van der Waals surface area contributed by atoms with Crippen LogP contribution in [0.3, 0.4) is 0 Å². The largest absolute Gasteiger partial charge is 0.373 e. The van der Waals surface area contributed by atoms with Crippen molar-refractivity contribution in [3.8, 4) is 0 Å². The first-order chi connectivity index (χ1) is 11.7. The summed E-state index contributed by atoms with van der Waals surface area (Å²) in [5, 5.41) is 3.13. The molecule has 1 atom stereocenters. The molecule has 2 fully saturated rings. The first-order valence-electron chi connectivity index (χ1n) is 9.02. The SMILES string of the molecule is CNc1cc(C)nc(N2CCC[C@H](c3nccn3CC3CC3)C2)n1. The molecular weight excluding hydrogens is 300 g/mol. The third-order valence-electron chi connectivity index (χ3n) is 5.07. The van der Waals surface area contributed by atoms with Gasteiger partial charge < -0.3 is 14.8 Å². The predicted octanol–water partition coefficient (Wildman–Crippen LogP) is 2.82. The van der Waals surface area contributed by atoms with Gasteiger partial charge in [0.15, 0.2) is 0 Å². The molecule has 1 aliphatic carbocycles. The Morgan fingerprint density at radius 2 is 2.12 bits per heavy atom. The Bertz CT molecular complexity index is 705. The summed E-state index contributed by atoms with van der Waals surface area (Å²) in [6, 6.07) is 1.98. The first-order valence-corrected chi connectivity index (χ1v) is 9.02. The maximum Gasteiger partial charge on any atom is 0.227 e. The fraction of sp³-hybridized carbons (Fsp3) is 0.611. The Morgan fingerprint density at radius 3 is 2.92 bits per heavy atom. The van der Waals surface area contributed by atoms with Gasteiger partial charge in [0, 0.05) is 56.8 Å². The van der Waals surface area contributed by atoms with Crippen molar-refractivity contribution >= 4 is 11.8 Å². The van der Waals surface area contributed by atoms with Crippen LogP contribution in [0, 0.1) is 12.8 Å². The summed E-state index contributed by atoms with van der Waals surface area (Å²) < 4.78 is 2.38. The van der Waals surface area contributed by atoms with Crippen LogP contribution in [-0.4, -0.2) is 39.7 Å². The summed E-state index contributed by atoms with van der Waals surface area (Å²) in [6.07, 6.45) is 9.21. The minimum absolute atomic E-state index is 0.467. The minimum Gasteiger partial charge on any atom is -0.373 e. The van der Waals surface area contributed by atoms with Gasteiger partial charge in [-0.25, -0.2) is 9.97 Å². The molecule has 2 aliphatic rings. The minimum atomic E-state index is 0.467. The Hall–Kier alpha value is -2.11. The van der Waals surface area contributed by atoms with Crippen LogP contribution in [0.1, 0.15) is 43.1 Å². The van der Waals surface area contributed by atoms with Gasteiger partial charge in [-0.05, 0) is 38.5 Å². The molecule has 2 aromatic rings. The molecule has 3 heterocycles. The van der Waals surface area contributed by atoms with Crippen LogP contribution in [-0.2, 0) is 6.54 Å². The summed E-state index contributed by atoms with van der Waals surface area (Å²) in [5.41, 5.74) is 1.00. The molecule has 6 heteroatoms. The van der Waals surface area contributed by atoms with E-state index in [1.54, 1.807) is 0 Å². The number of nitrogens with one attached hydrogen (secondary N) is 1. The van der Waals surface area contributed by atoms with Crippen molar-refractivity contribution in [3.63, 3.8) is 0 Å². The van der Waals surface area contributed by atoms with Crippen LogP contribution in [0.25, 0.3) is 0 Å². The highest BCUT2D eigenvalue weighted by molar-refractivity contribution is 5.43. The average molecular weight is 326 g/mol. The van der Waals surface area contributed by atoms with Crippen LogP contribution in [0.2, 0.25) is 0 Å². The lowest BCUT2D eigenvalue weighted by Gasteiger charge is -2.33. The molecule has 24 heavy (non-hydrogen) atoms. The number of hydrogen-bond donors (Lipinski definition) is 1. The zero-order valence-corrected chi connectivity index (χ0v) is 14.6. The van der Waals surface area contributed by atoms with Crippen molar-refractivity contribution in [3.05, 3.63) is 30.0 Å². The van der Waals surface area contributed by atoms with E-state index in [2.05, 4.69) is 35.9 Å². The monoisotopic (exact) mass is 326 g/mol. The Labute approximate surface area is 143 Å². The van der Waals surface area contributed by atoms with Gasteiger partial charge in [0.2, 0.25) is 5.95 Å². The van der Waals surface area contributed by atoms with Crippen molar-refractivity contribution < 1.29 is 0 Å². The second-order valence-electron chi connectivity index (χ2n) is 7.11. The van der Waals surface area contributed by atoms with Gasteiger partial charge in [0.25, 0.3) is 0 Å². The van der Waals surface area contributed by atoms with Crippen molar-refractivity contribution in [1.82, 2.24) is 19.5 Å². The van der Waals surface area contributed by atoms with Crippen LogP contribution in [0.15, 0.2) is 18.5 Å². The molecule has 128 valence electrons. The number of anilines is 2. The molecular formula is C18H26N6. The Morgan fingerprint density at radius 1 is 1.25 bits per heavy atom. The number of nitrogens with zero attached hydrogens (tertiary/aromatic N) is 5. The lowest BCUT2D eigenvalue weighted by atomic mass is 9.97. The Kier molecular flexibility index (Phi) is 4.12. The zero-order valence-electron chi connectivity index (χ0n) is 14.6. The van der Waals surface area contributed by atoms with Crippen LogP contribution in [0.5, 0.6) is 0 Å². The number of aromatic nitrogens is 4. The van der Waals surface area contributed by atoms with E-state index in [0.717, 1.165) is 49.4 Å². The molecule has 1 aliphatic heterocycles. The molecule has 0 unspecified atom stereocenters. The normalized spacial score (nSPS) is 21.1. The standard InChI is InChI=1S/C18H26N6/c1-13-10-16(19-2)22-18(21-13)24-8-3-4-15(12-24)17-20-7-9-23(17)11-14-5-6-14/h7,9-10,14-15H,3-6,8,11-12H2,1-2H3,(H,19,21,22)/t15-/m0/s1. The van der Waals surface area contributed by atoms with Crippen molar-refractivity contribution in [2.45, 2.75) is 45.1 Å². The molecule has 0 aromatic carbocycles. The summed E-state index contributed by atoms with van der Waals surface area (Å²) in [5.74, 6) is 4.30. The van der Waals surface area contributed by atoms with Crippen molar-refractivity contribution in [2.75, 3.05) is 30.4 Å². The fourth-order valence-corrected chi connectivity index (χ4v) is 3.61. The van der Waals surface area contributed by atoms with E-state index in [9.17, 15) is 0 Å². The smallest absolute Gasteiger partial charge is 0.227 e. The molecule has 0 bridgehead atoms. The molecule has 1 N–H and O–H groups in total. The highest BCUT2D eigenvalue weighted by Gasteiger charge is 2.28. The zero-order chi connectivity index (χ0) is 16.5. The van der Waals surface area contributed by atoms with Crippen molar-refractivity contribution in [1.29, 1.82) is 0 Å². The lowest BCUT2D eigenvalue weighted by molar-refractivity contribution is 0.459.